The number of para-hydroxylation sites is 1. The number of carboxylic acid groups (broad SMARTS) is 1. The molecule has 38 heavy (non-hydrogen) atoms. The molecule has 1 aliphatic heterocycles. The van der Waals surface area contributed by atoms with Gasteiger partial charge in [0.2, 0.25) is 17.5 Å². The number of ketones is 1. The summed E-state index contributed by atoms with van der Waals surface area (Å²) < 4.78 is 64.0. The lowest BCUT2D eigenvalue weighted by molar-refractivity contribution is -0.141. The number of nitrogens with one attached hydrogen (secondary N) is 1. The molecule has 1 fully saturated rings. The molecule has 0 spiro atoms. The third kappa shape index (κ3) is 7.12. The van der Waals surface area contributed by atoms with Crippen LogP contribution in [0.25, 0.3) is 0 Å². The van der Waals surface area contributed by atoms with E-state index in [1.54, 1.807) is 18.2 Å². The van der Waals surface area contributed by atoms with E-state index in [4.69, 9.17) is 21.4 Å². The van der Waals surface area contributed by atoms with Crippen LogP contribution in [0.4, 0.5) is 22.4 Å². The Morgan fingerprint density at radius 2 is 1.66 bits per heavy atom. The predicted octanol–water partition coefficient (Wildman–Crippen LogP) is 3.71. The summed E-state index contributed by atoms with van der Waals surface area (Å²) in [5.74, 6) is -12.6. The Hall–Kier alpha value is -3.87. The van der Waals surface area contributed by atoms with Crippen LogP contribution in [0.1, 0.15) is 19.3 Å². The molecule has 1 saturated heterocycles. The highest BCUT2D eigenvalue weighted by Gasteiger charge is 2.32. The van der Waals surface area contributed by atoms with E-state index in [0.29, 0.717) is 0 Å². The second-order valence-electron chi connectivity index (χ2n) is 8.27. The van der Waals surface area contributed by atoms with Gasteiger partial charge in [0.1, 0.15) is 12.6 Å². The zero-order valence-electron chi connectivity index (χ0n) is 19.5. The van der Waals surface area contributed by atoms with E-state index in [0.717, 1.165) is 0 Å². The number of hydrogen-bond acceptors (Lipinski definition) is 6. The fourth-order valence-electron chi connectivity index (χ4n) is 3.64. The van der Waals surface area contributed by atoms with Gasteiger partial charge in [-0.3, -0.25) is 14.4 Å². The second kappa shape index (κ2) is 12.6. The van der Waals surface area contributed by atoms with Crippen molar-refractivity contribution in [1.29, 1.82) is 0 Å². The number of nitrogens with zero attached hydrogens (tertiary/aromatic N) is 1. The molecule has 0 bridgehead atoms. The number of rotatable bonds is 9. The van der Waals surface area contributed by atoms with Crippen molar-refractivity contribution in [3.8, 4) is 11.5 Å². The summed E-state index contributed by atoms with van der Waals surface area (Å²) in [7, 11) is 0. The Kier molecular flexibility index (Phi) is 9.50. The van der Waals surface area contributed by atoms with Crippen molar-refractivity contribution in [1.82, 2.24) is 10.2 Å². The van der Waals surface area contributed by atoms with Gasteiger partial charge in [0.05, 0.1) is 11.4 Å². The third-order valence-corrected chi connectivity index (χ3v) is 5.98. The number of carboxylic acids is 1. The maximum Gasteiger partial charge on any atom is 0.415 e. The zero-order chi connectivity index (χ0) is 28.0. The molecule has 1 atom stereocenters. The lowest BCUT2D eigenvalue weighted by Gasteiger charge is -2.31. The van der Waals surface area contributed by atoms with Gasteiger partial charge < -0.3 is 24.8 Å². The van der Waals surface area contributed by atoms with Gasteiger partial charge in [-0.2, -0.15) is 8.78 Å². The molecular weight excluding hydrogens is 540 g/mol. The molecule has 0 saturated carbocycles. The van der Waals surface area contributed by atoms with Gasteiger partial charge in [-0.1, -0.05) is 23.7 Å². The number of likely N-dealkylation sites (tertiary alicyclic amines) is 1. The van der Waals surface area contributed by atoms with Crippen molar-refractivity contribution in [2.75, 3.05) is 19.7 Å². The average molecular weight is 561 g/mol. The van der Waals surface area contributed by atoms with E-state index >= 15 is 0 Å². The van der Waals surface area contributed by atoms with Crippen molar-refractivity contribution in [2.45, 2.75) is 25.3 Å². The summed E-state index contributed by atoms with van der Waals surface area (Å²) in [5, 5.41) is 11.6. The monoisotopic (exact) mass is 560 g/mol. The van der Waals surface area contributed by atoms with Crippen molar-refractivity contribution in [2.24, 2.45) is 5.92 Å². The normalized spacial score (nSPS) is 14.5. The fraction of sp³-hybridized carbons (Fsp3) is 0.333. The molecule has 0 radical (unpaired) electrons. The highest BCUT2D eigenvalue weighted by molar-refractivity contribution is 6.32. The van der Waals surface area contributed by atoms with Crippen molar-refractivity contribution < 1.29 is 51.3 Å². The van der Waals surface area contributed by atoms with Crippen LogP contribution in [0.5, 0.6) is 11.5 Å². The van der Waals surface area contributed by atoms with E-state index in [1.807, 2.05) is 0 Å². The number of amides is 2. The maximum absolute atomic E-state index is 13.8. The molecule has 2 aromatic carbocycles. The lowest BCUT2D eigenvalue weighted by atomic mass is 9.95. The summed E-state index contributed by atoms with van der Waals surface area (Å²) in [6.45, 7) is -0.946. The lowest BCUT2D eigenvalue weighted by Crippen LogP contribution is -2.49. The molecule has 2 N–H and O–H groups in total. The quantitative estimate of drug-likeness (QED) is 0.354. The Morgan fingerprint density at radius 1 is 1.05 bits per heavy atom. The standard InChI is InChI=1S/C24H21ClF4N2O7/c25-13-3-1-2-4-18(13)38-24(36)31-7-5-12(6-8-31)23(35)30-16(10-19(33)34)17(32)11-37-22-20(28)14(26)9-15(27)21(22)29/h1-4,9,12,16H,5-8,10-11H2,(H,30,35)(H,33,34)/t16-/m0/s1. The second-order valence-corrected chi connectivity index (χ2v) is 8.68. The summed E-state index contributed by atoms with van der Waals surface area (Å²) in [4.78, 5) is 50.1. The number of carbonyl (C=O) groups is 4. The maximum atomic E-state index is 13.8. The van der Waals surface area contributed by atoms with Crippen LogP contribution < -0.4 is 14.8 Å². The predicted molar refractivity (Wildman–Crippen MR) is 123 cm³/mol. The Balaban J connectivity index is 1.57. The first-order valence-corrected chi connectivity index (χ1v) is 11.6. The number of carbonyl (C=O) groups excluding carboxylic acids is 3. The SMILES string of the molecule is O=C(O)C[C@H](NC(=O)C1CCN(C(=O)Oc2ccccc2Cl)CC1)C(=O)COc1c(F)c(F)cc(F)c1F. The first-order valence-electron chi connectivity index (χ1n) is 11.2. The van der Waals surface area contributed by atoms with Crippen LogP contribution in [0, 0.1) is 29.2 Å². The van der Waals surface area contributed by atoms with Crippen LogP contribution in [0.15, 0.2) is 30.3 Å². The summed E-state index contributed by atoms with van der Waals surface area (Å²) in [5.41, 5.74) is 0. The smallest absolute Gasteiger partial charge is 0.415 e. The van der Waals surface area contributed by atoms with E-state index in [2.05, 4.69) is 10.1 Å². The molecule has 9 nitrogen and oxygen atoms in total. The summed E-state index contributed by atoms with van der Waals surface area (Å²) in [6, 6.07) is 4.65. The first kappa shape index (κ1) is 28.7. The highest BCUT2D eigenvalue weighted by Crippen LogP contribution is 2.27. The summed E-state index contributed by atoms with van der Waals surface area (Å²) in [6.07, 6.45) is -1.25. The molecular formula is C24H21ClF4N2O7. The van der Waals surface area contributed by atoms with Gasteiger partial charge in [0.15, 0.2) is 28.9 Å². The first-order chi connectivity index (χ1) is 18.0. The van der Waals surface area contributed by atoms with E-state index in [-0.39, 0.29) is 42.8 Å². The Labute approximate surface area is 218 Å². The average Bonchev–Trinajstić information content (AvgIpc) is 2.88. The van der Waals surface area contributed by atoms with Gasteiger partial charge in [-0.15, -0.1) is 0 Å². The number of ether oxygens (including phenoxy) is 2. The van der Waals surface area contributed by atoms with Crippen LogP contribution in [0.2, 0.25) is 5.02 Å². The number of piperidine rings is 1. The van der Waals surface area contributed by atoms with Gasteiger partial charge in [-0.05, 0) is 25.0 Å². The van der Waals surface area contributed by atoms with Crippen molar-refractivity contribution in [3.63, 3.8) is 0 Å². The van der Waals surface area contributed by atoms with Crippen molar-refractivity contribution in [3.05, 3.63) is 58.6 Å². The van der Waals surface area contributed by atoms with Gasteiger partial charge >= 0.3 is 12.1 Å². The molecule has 2 aromatic rings. The van der Waals surface area contributed by atoms with Crippen LogP contribution in [-0.4, -0.2) is 59.5 Å². The topological polar surface area (TPSA) is 122 Å². The van der Waals surface area contributed by atoms with Gasteiger partial charge in [0.25, 0.3) is 0 Å². The van der Waals surface area contributed by atoms with Gasteiger partial charge in [0, 0.05) is 25.1 Å². The molecule has 1 aliphatic rings. The van der Waals surface area contributed by atoms with Gasteiger partial charge in [-0.25, -0.2) is 13.6 Å². The molecule has 0 aromatic heterocycles. The minimum atomic E-state index is -1.88. The van der Waals surface area contributed by atoms with E-state index in [1.165, 1.54) is 11.0 Å². The van der Waals surface area contributed by atoms with Crippen molar-refractivity contribution >= 4 is 35.4 Å². The van der Waals surface area contributed by atoms with Crippen LogP contribution in [0.3, 0.4) is 0 Å². The molecule has 0 aliphatic carbocycles. The summed E-state index contributed by atoms with van der Waals surface area (Å²) >= 11 is 5.97. The molecule has 2 amide bonds. The molecule has 14 heteroatoms. The van der Waals surface area contributed by atoms with E-state index in [9.17, 15) is 36.7 Å². The minimum Gasteiger partial charge on any atom is -0.481 e. The molecule has 204 valence electrons. The number of halogens is 5. The highest BCUT2D eigenvalue weighted by atomic mass is 35.5. The number of benzene rings is 2. The fourth-order valence-corrected chi connectivity index (χ4v) is 3.82. The number of hydrogen-bond donors (Lipinski definition) is 2. The minimum absolute atomic E-state index is 0.0470. The Morgan fingerprint density at radius 3 is 2.24 bits per heavy atom. The van der Waals surface area contributed by atoms with Crippen LogP contribution >= 0.6 is 11.6 Å². The molecule has 0 unspecified atom stereocenters. The number of aliphatic carboxylic acids is 1. The Bertz CT molecular complexity index is 1210. The number of Topliss-reactive ketones (excluding diaryl/α,β-unsaturated/α-hetero) is 1. The zero-order valence-corrected chi connectivity index (χ0v) is 20.3. The third-order valence-electron chi connectivity index (χ3n) is 5.67. The molecule has 1 heterocycles. The van der Waals surface area contributed by atoms with Crippen LogP contribution in [-0.2, 0) is 14.4 Å². The molecule has 3 rings (SSSR count). The van der Waals surface area contributed by atoms with E-state index < -0.39 is 77.8 Å². The largest absolute Gasteiger partial charge is 0.481 e.